The van der Waals surface area contributed by atoms with Crippen molar-refractivity contribution in [1.29, 1.82) is 0 Å². The molecule has 0 saturated carbocycles. The number of halogens is 3. The van der Waals surface area contributed by atoms with E-state index in [4.69, 9.17) is 39.5 Å². The van der Waals surface area contributed by atoms with Gasteiger partial charge in [-0.3, -0.25) is 4.79 Å². The number of carbonyl (C=O) groups is 1. The Hall–Kier alpha value is -1.72. The van der Waals surface area contributed by atoms with Crippen LogP contribution in [-0.2, 0) is 6.61 Å². The smallest absolute Gasteiger partial charge is 0.265 e. The maximum atomic E-state index is 12.4. The first-order valence-corrected chi connectivity index (χ1v) is 9.25. The predicted octanol–water partition coefficient (Wildman–Crippen LogP) is 6.54. The summed E-state index contributed by atoms with van der Waals surface area (Å²) in [5, 5.41) is 6.05. The van der Waals surface area contributed by atoms with E-state index in [1.54, 1.807) is 48.5 Å². The first-order valence-electron chi connectivity index (χ1n) is 7.24. The maximum absolute atomic E-state index is 12.4. The lowest BCUT2D eigenvalue weighted by atomic mass is 10.3. The quantitative estimate of drug-likeness (QED) is 0.516. The van der Waals surface area contributed by atoms with Gasteiger partial charge in [0.15, 0.2) is 0 Å². The van der Waals surface area contributed by atoms with Gasteiger partial charge in [-0.05, 0) is 47.8 Å². The molecule has 128 valence electrons. The third kappa shape index (κ3) is 4.67. The third-order valence-electron chi connectivity index (χ3n) is 3.30. The first-order chi connectivity index (χ1) is 12.0. The molecule has 1 amide bonds. The van der Waals surface area contributed by atoms with Gasteiger partial charge in [0, 0.05) is 10.6 Å². The van der Waals surface area contributed by atoms with Gasteiger partial charge in [0.1, 0.15) is 12.4 Å². The number of hydrogen-bond donors (Lipinski definition) is 1. The highest BCUT2D eigenvalue weighted by Gasteiger charge is 2.13. The molecule has 0 spiro atoms. The second-order valence-electron chi connectivity index (χ2n) is 5.11. The maximum Gasteiger partial charge on any atom is 0.265 e. The molecule has 7 heteroatoms. The summed E-state index contributed by atoms with van der Waals surface area (Å²) in [7, 11) is 0. The number of ether oxygens (including phenoxy) is 1. The zero-order valence-corrected chi connectivity index (χ0v) is 15.8. The molecule has 0 aliphatic heterocycles. The van der Waals surface area contributed by atoms with Crippen LogP contribution in [-0.4, -0.2) is 5.91 Å². The molecular weight excluding hydrogens is 401 g/mol. The van der Waals surface area contributed by atoms with Gasteiger partial charge >= 0.3 is 0 Å². The second-order valence-corrected chi connectivity index (χ2v) is 7.27. The molecule has 1 N–H and O–H groups in total. The number of amides is 1. The molecule has 0 saturated heterocycles. The molecule has 0 bridgehead atoms. The van der Waals surface area contributed by atoms with Crippen molar-refractivity contribution < 1.29 is 9.53 Å². The fraction of sp³-hybridized carbons (Fsp3) is 0.0556. The van der Waals surface area contributed by atoms with Gasteiger partial charge in [0.25, 0.3) is 5.91 Å². The van der Waals surface area contributed by atoms with E-state index < -0.39 is 0 Å². The molecule has 2 aromatic carbocycles. The molecule has 0 radical (unpaired) electrons. The Morgan fingerprint density at radius 2 is 1.72 bits per heavy atom. The second kappa shape index (κ2) is 8.11. The van der Waals surface area contributed by atoms with Crippen LogP contribution in [0.1, 0.15) is 15.2 Å². The summed E-state index contributed by atoms with van der Waals surface area (Å²) in [6.07, 6.45) is 0. The monoisotopic (exact) mass is 411 g/mol. The topological polar surface area (TPSA) is 38.3 Å². The number of thiophene rings is 1. The third-order valence-corrected chi connectivity index (χ3v) is 5.16. The lowest BCUT2D eigenvalue weighted by molar-refractivity contribution is 0.103. The fourth-order valence-corrected chi connectivity index (χ4v) is 3.47. The Labute approximate surface area is 164 Å². The van der Waals surface area contributed by atoms with E-state index in [1.807, 2.05) is 5.38 Å². The van der Waals surface area contributed by atoms with Crippen molar-refractivity contribution >= 4 is 57.7 Å². The molecule has 3 rings (SSSR count). The van der Waals surface area contributed by atoms with E-state index in [1.165, 1.54) is 11.3 Å². The Bertz CT molecular complexity index is 873. The zero-order valence-electron chi connectivity index (χ0n) is 12.8. The summed E-state index contributed by atoms with van der Waals surface area (Å²) < 4.78 is 5.67. The number of nitrogens with one attached hydrogen (secondary N) is 1. The minimum absolute atomic E-state index is 0.266. The van der Waals surface area contributed by atoms with Crippen LogP contribution in [0.3, 0.4) is 0 Å². The van der Waals surface area contributed by atoms with E-state index in [2.05, 4.69) is 5.32 Å². The van der Waals surface area contributed by atoms with Crippen LogP contribution >= 0.6 is 46.1 Å². The summed E-state index contributed by atoms with van der Waals surface area (Å²) in [6, 6.07) is 13.9. The molecule has 0 atom stereocenters. The SMILES string of the molecule is O=C(Nc1c(Cl)cccc1Cl)c1cc(COc2ccc(Cl)cc2)cs1. The highest BCUT2D eigenvalue weighted by molar-refractivity contribution is 7.12. The van der Waals surface area contributed by atoms with E-state index in [-0.39, 0.29) is 5.91 Å². The minimum Gasteiger partial charge on any atom is -0.489 e. The molecule has 0 fully saturated rings. The van der Waals surface area contributed by atoms with Crippen LogP contribution in [0.5, 0.6) is 5.75 Å². The number of carbonyl (C=O) groups excluding carboxylic acids is 1. The van der Waals surface area contributed by atoms with Crippen LogP contribution in [0.2, 0.25) is 15.1 Å². The van der Waals surface area contributed by atoms with Crippen LogP contribution in [0, 0.1) is 0 Å². The average molecular weight is 413 g/mol. The lowest BCUT2D eigenvalue weighted by Gasteiger charge is -2.07. The van der Waals surface area contributed by atoms with Crippen molar-refractivity contribution in [3.05, 3.63) is 79.4 Å². The molecule has 25 heavy (non-hydrogen) atoms. The number of hydrogen-bond acceptors (Lipinski definition) is 3. The zero-order chi connectivity index (χ0) is 17.8. The van der Waals surface area contributed by atoms with Crippen LogP contribution in [0.25, 0.3) is 0 Å². The van der Waals surface area contributed by atoms with Gasteiger partial charge in [-0.1, -0.05) is 40.9 Å². The van der Waals surface area contributed by atoms with Crippen molar-refractivity contribution in [1.82, 2.24) is 0 Å². The minimum atomic E-state index is -0.266. The van der Waals surface area contributed by atoms with Crippen molar-refractivity contribution in [2.45, 2.75) is 6.61 Å². The van der Waals surface area contributed by atoms with Crippen LogP contribution in [0.4, 0.5) is 5.69 Å². The molecular formula is C18H12Cl3NO2S. The van der Waals surface area contributed by atoms with Gasteiger partial charge in [-0.25, -0.2) is 0 Å². The summed E-state index contributed by atoms with van der Waals surface area (Å²) in [6.45, 7) is 0.359. The van der Waals surface area contributed by atoms with E-state index in [0.717, 1.165) is 5.56 Å². The molecule has 0 aliphatic carbocycles. The summed E-state index contributed by atoms with van der Waals surface area (Å²) >= 11 is 19.3. The Morgan fingerprint density at radius 1 is 1.04 bits per heavy atom. The van der Waals surface area contributed by atoms with Crippen LogP contribution in [0.15, 0.2) is 53.9 Å². The molecule has 3 aromatic rings. The number of para-hydroxylation sites is 1. The number of rotatable bonds is 5. The van der Waals surface area contributed by atoms with E-state index in [9.17, 15) is 4.79 Å². The average Bonchev–Trinajstić information content (AvgIpc) is 3.07. The lowest BCUT2D eigenvalue weighted by Crippen LogP contribution is -2.11. The Morgan fingerprint density at radius 3 is 2.40 bits per heavy atom. The fourth-order valence-electron chi connectivity index (χ4n) is 2.06. The normalized spacial score (nSPS) is 10.5. The molecule has 0 aliphatic rings. The molecule has 3 nitrogen and oxygen atoms in total. The standard InChI is InChI=1S/C18H12Cl3NO2S/c19-12-4-6-13(7-5-12)24-9-11-8-16(25-10-11)18(23)22-17-14(20)2-1-3-15(17)21/h1-8,10H,9H2,(H,22,23). The summed E-state index contributed by atoms with van der Waals surface area (Å²) in [5.41, 5.74) is 1.30. The van der Waals surface area contributed by atoms with Crippen molar-refractivity contribution in [2.75, 3.05) is 5.32 Å². The van der Waals surface area contributed by atoms with E-state index in [0.29, 0.717) is 38.0 Å². The number of benzene rings is 2. The number of anilines is 1. The molecule has 1 aromatic heterocycles. The Kier molecular flexibility index (Phi) is 5.86. The predicted molar refractivity (Wildman–Crippen MR) is 105 cm³/mol. The van der Waals surface area contributed by atoms with Crippen molar-refractivity contribution in [2.24, 2.45) is 0 Å². The van der Waals surface area contributed by atoms with Crippen molar-refractivity contribution in [3.63, 3.8) is 0 Å². The van der Waals surface area contributed by atoms with E-state index >= 15 is 0 Å². The van der Waals surface area contributed by atoms with Gasteiger partial charge in [-0.15, -0.1) is 11.3 Å². The van der Waals surface area contributed by atoms with Crippen LogP contribution < -0.4 is 10.1 Å². The summed E-state index contributed by atoms with van der Waals surface area (Å²) in [5.74, 6) is 0.446. The molecule has 1 heterocycles. The highest BCUT2D eigenvalue weighted by atomic mass is 35.5. The van der Waals surface area contributed by atoms with Gasteiger partial charge in [0.05, 0.1) is 20.6 Å². The first kappa shape index (κ1) is 18.1. The summed E-state index contributed by atoms with van der Waals surface area (Å²) in [4.78, 5) is 12.9. The van der Waals surface area contributed by atoms with Gasteiger partial charge in [-0.2, -0.15) is 0 Å². The molecule has 0 unspecified atom stereocenters. The van der Waals surface area contributed by atoms with Gasteiger partial charge < -0.3 is 10.1 Å². The van der Waals surface area contributed by atoms with Gasteiger partial charge in [0.2, 0.25) is 0 Å². The Balaban J connectivity index is 1.64. The highest BCUT2D eigenvalue weighted by Crippen LogP contribution is 2.30. The largest absolute Gasteiger partial charge is 0.489 e. The van der Waals surface area contributed by atoms with Crippen molar-refractivity contribution in [3.8, 4) is 5.75 Å².